The predicted molar refractivity (Wildman–Crippen MR) is 175 cm³/mol. The van der Waals surface area contributed by atoms with Crippen molar-refractivity contribution in [2.24, 2.45) is 0 Å². The summed E-state index contributed by atoms with van der Waals surface area (Å²) in [6.45, 7) is 9.31. The lowest BCUT2D eigenvalue weighted by Crippen LogP contribution is -2.48. The number of hydrogen-bond acceptors (Lipinski definition) is 7. The molecule has 2 N–H and O–H groups in total. The summed E-state index contributed by atoms with van der Waals surface area (Å²) in [4.78, 5) is 37.3. The fourth-order valence-electron chi connectivity index (χ4n) is 5.94. The number of aromatic carboxylic acids is 1. The van der Waals surface area contributed by atoms with Gasteiger partial charge in [-0.2, -0.15) is 0 Å². The van der Waals surface area contributed by atoms with Gasteiger partial charge in [-0.05, 0) is 94.1 Å². The monoisotopic (exact) mass is 607 g/mol. The summed E-state index contributed by atoms with van der Waals surface area (Å²) in [7, 11) is 0. The van der Waals surface area contributed by atoms with Gasteiger partial charge in [0.05, 0.1) is 22.5 Å². The van der Waals surface area contributed by atoms with Gasteiger partial charge in [-0.3, -0.25) is 4.79 Å². The molecule has 1 atom stereocenters. The third-order valence-electron chi connectivity index (χ3n) is 8.57. The van der Waals surface area contributed by atoms with Crippen LogP contribution < -0.4 is 15.0 Å². The van der Waals surface area contributed by atoms with Gasteiger partial charge < -0.3 is 25.0 Å². The number of nitrogens with zero attached hydrogens (tertiary/aromatic N) is 4. The summed E-state index contributed by atoms with van der Waals surface area (Å²) in [6, 6.07) is 25.8. The van der Waals surface area contributed by atoms with Crippen LogP contribution in [0, 0.1) is 13.8 Å². The maximum Gasteiger partial charge on any atom is 0.335 e. The lowest BCUT2D eigenvalue weighted by molar-refractivity contribution is 0.0696. The first kappa shape index (κ1) is 31.7. The van der Waals surface area contributed by atoms with Gasteiger partial charge in [0.1, 0.15) is 17.8 Å². The molecule has 1 fully saturated rings. The number of anilines is 1. The quantitative estimate of drug-likeness (QED) is 0.194. The van der Waals surface area contributed by atoms with Crippen LogP contribution in [0.2, 0.25) is 0 Å². The van der Waals surface area contributed by atoms with Crippen molar-refractivity contribution in [3.8, 4) is 11.5 Å². The Morgan fingerprint density at radius 2 is 1.53 bits per heavy atom. The molecule has 1 aliphatic heterocycles. The van der Waals surface area contributed by atoms with E-state index < -0.39 is 5.97 Å². The van der Waals surface area contributed by atoms with Crippen molar-refractivity contribution in [3.63, 3.8) is 0 Å². The summed E-state index contributed by atoms with van der Waals surface area (Å²) in [5, 5.41) is 12.2. The Morgan fingerprint density at radius 3 is 2.13 bits per heavy atom. The summed E-state index contributed by atoms with van der Waals surface area (Å²) in [5.41, 5.74) is 4.59. The van der Waals surface area contributed by atoms with E-state index in [0.717, 1.165) is 44.6 Å². The van der Waals surface area contributed by atoms with E-state index in [-0.39, 0.29) is 11.5 Å². The second-order valence-corrected chi connectivity index (χ2v) is 11.6. The highest BCUT2D eigenvalue weighted by Crippen LogP contribution is 2.30. The van der Waals surface area contributed by atoms with Crippen LogP contribution in [0.1, 0.15) is 63.9 Å². The van der Waals surface area contributed by atoms with E-state index in [0.29, 0.717) is 47.1 Å². The highest BCUT2D eigenvalue weighted by Gasteiger charge is 2.27. The molecule has 234 valence electrons. The van der Waals surface area contributed by atoms with Crippen molar-refractivity contribution >= 4 is 17.6 Å². The van der Waals surface area contributed by atoms with Crippen LogP contribution in [0.4, 0.5) is 5.69 Å². The maximum absolute atomic E-state index is 12.8. The van der Waals surface area contributed by atoms with E-state index in [2.05, 4.69) is 68.4 Å². The Balaban J connectivity index is 1.18. The predicted octanol–water partition coefficient (Wildman–Crippen LogP) is 6.26. The van der Waals surface area contributed by atoms with Crippen molar-refractivity contribution in [3.05, 3.63) is 113 Å². The molecule has 0 spiro atoms. The van der Waals surface area contributed by atoms with Gasteiger partial charge >= 0.3 is 5.97 Å². The normalized spacial score (nSPS) is 14.5. The Hall–Kier alpha value is -4.76. The molecule has 5 rings (SSSR count). The standard InChI is InChI=1S/C36H41N5O4/c1-25(17-20-37-35(42)34-26(2)38-24-39-27(34)3)40-21-18-31(19-22-40)41(23-28-7-5-4-6-8-28)30-11-15-33(16-12-30)45-32-13-9-29(10-14-32)36(43)44/h4-16,24-25,31H,17-23H2,1-3H3,(H,37,42)(H,43,44). The van der Waals surface area contributed by atoms with E-state index in [9.17, 15) is 9.59 Å². The number of aromatic nitrogens is 2. The second-order valence-electron chi connectivity index (χ2n) is 11.6. The number of hydrogen-bond donors (Lipinski definition) is 2. The van der Waals surface area contributed by atoms with Crippen molar-refractivity contribution < 1.29 is 19.4 Å². The van der Waals surface area contributed by atoms with E-state index in [1.165, 1.54) is 11.9 Å². The van der Waals surface area contributed by atoms with Crippen molar-refractivity contribution in [1.29, 1.82) is 0 Å². The minimum absolute atomic E-state index is 0.111. The summed E-state index contributed by atoms with van der Waals surface area (Å²) >= 11 is 0. The SMILES string of the molecule is Cc1ncnc(C)c1C(=O)NCCC(C)N1CCC(N(Cc2ccccc2)c2ccc(Oc3ccc(C(=O)O)cc3)cc2)CC1. The maximum atomic E-state index is 12.8. The minimum Gasteiger partial charge on any atom is -0.478 e. The number of aryl methyl sites for hydroxylation is 2. The van der Waals surface area contributed by atoms with Crippen LogP contribution >= 0.6 is 0 Å². The van der Waals surface area contributed by atoms with Crippen molar-refractivity contribution in [1.82, 2.24) is 20.2 Å². The van der Waals surface area contributed by atoms with Gasteiger partial charge in [0.2, 0.25) is 0 Å². The molecule has 0 bridgehead atoms. The fraction of sp³-hybridized carbons (Fsp3) is 0.333. The molecule has 2 heterocycles. The average molecular weight is 608 g/mol. The number of carboxylic acid groups (broad SMARTS) is 1. The number of carbonyl (C=O) groups excluding carboxylic acids is 1. The summed E-state index contributed by atoms with van der Waals surface area (Å²) in [6.07, 6.45) is 4.44. The fourth-order valence-corrected chi connectivity index (χ4v) is 5.94. The molecule has 1 unspecified atom stereocenters. The number of piperidine rings is 1. The van der Waals surface area contributed by atoms with Crippen LogP contribution in [0.3, 0.4) is 0 Å². The Morgan fingerprint density at radius 1 is 0.933 bits per heavy atom. The van der Waals surface area contributed by atoms with E-state index >= 15 is 0 Å². The molecular formula is C36H41N5O4. The van der Waals surface area contributed by atoms with Crippen LogP contribution in [-0.4, -0.2) is 63.6 Å². The number of carboxylic acids is 1. The summed E-state index contributed by atoms with van der Waals surface area (Å²) in [5.74, 6) is 0.218. The highest BCUT2D eigenvalue weighted by molar-refractivity contribution is 5.96. The van der Waals surface area contributed by atoms with Crippen LogP contribution in [-0.2, 0) is 6.54 Å². The topological polar surface area (TPSA) is 108 Å². The van der Waals surface area contributed by atoms with E-state index in [4.69, 9.17) is 9.84 Å². The number of nitrogens with one attached hydrogen (secondary N) is 1. The molecule has 45 heavy (non-hydrogen) atoms. The van der Waals surface area contributed by atoms with Crippen molar-refractivity contribution in [2.75, 3.05) is 24.5 Å². The smallest absolute Gasteiger partial charge is 0.335 e. The van der Waals surface area contributed by atoms with Gasteiger partial charge in [0.25, 0.3) is 5.91 Å². The highest BCUT2D eigenvalue weighted by atomic mass is 16.5. The van der Waals surface area contributed by atoms with Crippen LogP contribution in [0.5, 0.6) is 11.5 Å². The number of likely N-dealkylation sites (tertiary alicyclic amines) is 1. The van der Waals surface area contributed by atoms with Gasteiger partial charge in [0, 0.05) is 44.0 Å². The van der Waals surface area contributed by atoms with Crippen LogP contribution in [0.25, 0.3) is 0 Å². The van der Waals surface area contributed by atoms with Crippen molar-refractivity contribution in [2.45, 2.75) is 58.7 Å². The number of amides is 1. The Kier molecular flexibility index (Phi) is 10.4. The lowest BCUT2D eigenvalue weighted by Gasteiger charge is -2.42. The lowest BCUT2D eigenvalue weighted by atomic mass is 9.99. The van der Waals surface area contributed by atoms with Gasteiger partial charge in [-0.25, -0.2) is 14.8 Å². The molecule has 0 saturated carbocycles. The molecule has 0 radical (unpaired) electrons. The molecule has 1 aromatic heterocycles. The molecule has 1 saturated heterocycles. The van der Waals surface area contributed by atoms with Gasteiger partial charge in [-0.15, -0.1) is 0 Å². The summed E-state index contributed by atoms with van der Waals surface area (Å²) < 4.78 is 5.99. The van der Waals surface area contributed by atoms with E-state index in [1.807, 2.05) is 32.0 Å². The first-order chi connectivity index (χ1) is 21.8. The minimum atomic E-state index is -0.960. The zero-order valence-corrected chi connectivity index (χ0v) is 26.1. The molecular weight excluding hydrogens is 566 g/mol. The molecule has 9 nitrogen and oxygen atoms in total. The van der Waals surface area contributed by atoms with Gasteiger partial charge in [-0.1, -0.05) is 30.3 Å². The Bertz CT molecular complexity index is 1550. The van der Waals surface area contributed by atoms with E-state index in [1.54, 1.807) is 24.3 Å². The average Bonchev–Trinajstić information content (AvgIpc) is 3.05. The second kappa shape index (κ2) is 14.8. The third-order valence-corrected chi connectivity index (χ3v) is 8.57. The molecule has 9 heteroatoms. The van der Waals surface area contributed by atoms with Crippen LogP contribution in [0.15, 0.2) is 85.2 Å². The third kappa shape index (κ3) is 8.25. The molecule has 1 aliphatic rings. The molecule has 3 aromatic carbocycles. The number of benzene rings is 3. The number of ether oxygens (including phenoxy) is 1. The zero-order chi connectivity index (χ0) is 31.8. The largest absolute Gasteiger partial charge is 0.478 e. The molecule has 4 aromatic rings. The molecule has 1 amide bonds. The molecule has 0 aliphatic carbocycles. The number of carbonyl (C=O) groups is 2. The Labute approximate surface area is 264 Å². The number of rotatable bonds is 12. The van der Waals surface area contributed by atoms with Gasteiger partial charge in [0.15, 0.2) is 0 Å². The first-order valence-electron chi connectivity index (χ1n) is 15.5. The zero-order valence-electron chi connectivity index (χ0n) is 26.1. The first-order valence-corrected chi connectivity index (χ1v) is 15.5.